The molecule has 1 atom stereocenters. The number of methoxy groups -OCH3 is 2. The van der Waals surface area contributed by atoms with Crippen LogP contribution in [0.3, 0.4) is 0 Å². The molecule has 1 fully saturated rings. The molecule has 1 saturated heterocycles. The molecule has 2 N–H and O–H groups in total. The second-order valence-electron chi connectivity index (χ2n) is 6.47. The van der Waals surface area contributed by atoms with E-state index >= 15 is 0 Å². The number of carbonyl (C=O) groups is 2. The smallest absolute Gasteiger partial charge is 0.319 e. The summed E-state index contributed by atoms with van der Waals surface area (Å²) in [7, 11) is 3.10. The van der Waals surface area contributed by atoms with Gasteiger partial charge in [-0.05, 0) is 31.2 Å². The first-order chi connectivity index (χ1) is 14.0. The Kier molecular flexibility index (Phi) is 6.43. The zero-order chi connectivity index (χ0) is 20.8. The zero-order valence-electron chi connectivity index (χ0n) is 16.7. The van der Waals surface area contributed by atoms with Gasteiger partial charge in [-0.3, -0.25) is 4.79 Å². The highest BCUT2D eigenvalue weighted by molar-refractivity contribution is 5.98. The fraction of sp³-hybridized carbons (Fsp3) is 0.333. The SMILES string of the molecule is CCOc1ccccc1NC(=O)N[C@H]1CC(=O)N(c2ccc(OC)c(OC)c2)C1. The molecule has 1 aliphatic rings. The number of anilines is 2. The fourth-order valence-electron chi connectivity index (χ4n) is 3.24. The lowest BCUT2D eigenvalue weighted by molar-refractivity contribution is -0.117. The van der Waals surface area contributed by atoms with Crippen molar-refractivity contribution in [1.82, 2.24) is 5.32 Å². The average Bonchev–Trinajstić information content (AvgIpc) is 3.08. The quantitative estimate of drug-likeness (QED) is 0.747. The molecule has 2 aromatic carbocycles. The second kappa shape index (κ2) is 9.18. The first-order valence-corrected chi connectivity index (χ1v) is 9.37. The van der Waals surface area contributed by atoms with Gasteiger partial charge in [0.1, 0.15) is 5.75 Å². The van der Waals surface area contributed by atoms with Gasteiger partial charge >= 0.3 is 6.03 Å². The minimum Gasteiger partial charge on any atom is -0.493 e. The summed E-state index contributed by atoms with van der Waals surface area (Å²) < 4.78 is 16.1. The third-order valence-corrected chi connectivity index (χ3v) is 4.57. The van der Waals surface area contributed by atoms with E-state index < -0.39 is 0 Å². The number of ether oxygens (including phenoxy) is 3. The highest BCUT2D eigenvalue weighted by Gasteiger charge is 2.32. The normalized spacial score (nSPS) is 15.8. The van der Waals surface area contributed by atoms with Crippen LogP contribution in [0.15, 0.2) is 42.5 Å². The van der Waals surface area contributed by atoms with Gasteiger partial charge in [0.15, 0.2) is 11.5 Å². The Morgan fingerprint density at radius 1 is 1.10 bits per heavy atom. The van der Waals surface area contributed by atoms with Crippen LogP contribution in [0.1, 0.15) is 13.3 Å². The molecule has 1 heterocycles. The van der Waals surface area contributed by atoms with Gasteiger partial charge in [0.25, 0.3) is 0 Å². The molecule has 29 heavy (non-hydrogen) atoms. The summed E-state index contributed by atoms with van der Waals surface area (Å²) in [5.74, 6) is 1.65. The van der Waals surface area contributed by atoms with E-state index in [1.807, 2.05) is 19.1 Å². The molecule has 0 aromatic heterocycles. The molecule has 8 heteroatoms. The van der Waals surface area contributed by atoms with Gasteiger partial charge < -0.3 is 29.7 Å². The van der Waals surface area contributed by atoms with Crippen molar-refractivity contribution in [2.75, 3.05) is 37.6 Å². The maximum atomic E-state index is 12.5. The second-order valence-corrected chi connectivity index (χ2v) is 6.47. The number of nitrogens with one attached hydrogen (secondary N) is 2. The van der Waals surface area contributed by atoms with E-state index in [1.165, 1.54) is 0 Å². The van der Waals surface area contributed by atoms with Gasteiger partial charge in [0.2, 0.25) is 5.91 Å². The van der Waals surface area contributed by atoms with Crippen molar-refractivity contribution < 1.29 is 23.8 Å². The molecule has 154 valence electrons. The number of hydrogen-bond donors (Lipinski definition) is 2. The predicted molar refractivity (Wildman–Crippen MR) is 110 cm³/mol. The summed E-state index contributed by atoms with van der Waals surface area (Å²) in [5.41, 5.74) is 1.27. The summed E-state index contributed by atoms with van der Waals surface area (Å²) in [6.45, 7) is 2.75. The van der Waals surface area contributed by atoms with Crippen LogP contribution in [0.2, 0.25) is 0 Å². The zero-order valence-corrected chi connectivity index (χ0v) is 16.7. The van der Waals surface area contributed by atoms with Gasteiger partial charge in [0, 0.05) is 24.7 Å². The molecule has 0 saturated carbocycles. The molecule has 1 aliphatic heterocycles. The maximum absolute atomic E-state index is 12.5. The Morgan fingerprint density at radius 3 is 2.59 bits per heavy atom. The monoisotopic (exact) mass is 399 g/mol. The Morgan fingerprint density at radius 2 is 1.86 bits per heavy atom. The Hall–Kier alpha value is -3.42. The molecule has 3 rings (SSSR count). The number of carbonyl (C=O) groups excluding carboxylic acids is 2. The standard InChI is InChI=1S/C21H25N3O5/c1-4-29-17-8-6-5-7-16(17)23-21(26)22-14-11-20(25)24(13-14)15-9-10-18(27-2)19(12-15)28-3/h5-10,12,14H,4,11,13H2,1-3H3,(H2,22,23,26)/t14-/m0/s1. The lowest BCUT2D eigenvalue weighted by Gasteiger charge is -2.19. The van der Waals surface area contributed by atoms with Crippen LogP contribution in [-0.4, -0.2) is 45.4 Å². The van der Waals surface area contributed by atoms with Gasteiger partial charge in [-0.15, -0.1) is 0 Å². The van der Waals surface area contributed by atoms with E-state index in [1.54, 1.807) is 49.5 Å². The number of hydrogen-bond acceptors (Lipinski definition) is 5. The van der Waals surface area contributed by atoms with Crippen LogP contribution in [0.5, 0.6) is 17.2 Å². The summed E-state index contributed by atoms with van der Waals surface area (Å²) in [6.07, 6.45) is 0.217. The van der Waals surface area contributed by atoms with Crippen molar-refractivity contribution in [1.29, 1.82) is 0 Å². The minimum atomic E-state index is -0.385. The topological polar surface area (TPSA) is 89.1 Å². The third-order valence-electron chi connectivity index (χ3n) is 4.57. The van der Waals surface area contributed by atoms with Gasteiger partial charge in [0.05, 0.1) is 32.6 Å². The Bertz CT molecular complexity index is 886. The summed E-state index contributed by atoms with van der Waals surface area (Å²) in [4.78, 5) is 26.5. The van der Waals surface area contributed by atoms with Crippen molar-refractivity contribution in [3.05, 3.63) is 42.5 Å². The van der Waals surface area contributed by atoms with Crippen LogP contribution in [0, 0.1) is 0 Å². The van der Waals surface area contributed by atoms with E-state index in [-0.39, 0.29) is 24.4 Å². The molecule has 0 unspecified atom stereocenters. The van der Waals surface area contributed by atoms with E-state index in [0.29, 0.717) is 41.8 Å². The molecule has 3 amide bonds. The average molecular weight is 399 g/mol. The molecule has 2 aromatic rings. The fourth-order valence-corrected chi connectivity index (χ4v) is 3.24. The first-order valence-electron chi connectivity index (χ1n) is 9.37. The molecular weight excluding hydrogens is 374 g/mol. The highest BCUT2D eigenvalue weighted by Crippen LogP contribution is 2.33. The van der Waals surface area contributed by atoms with E-state index in [2.05, 4.69) is 10.6 Å². The third kappa shape index (κ3) is 4.71. The molecule has 0 bridgehead atoms. The molecule has 8 nitrogen and oxygen atoms in total. The van der Waals surface area contributed by atoms with Crippen molar-refractivity contribution >= 4 is 23.3 Å². The summed E-state index contributed by atoms with van der Waals surface area (Å²) in [5, 5.41) is 5.64. The molecule has 0 radical (unpaired) electrons. The minimum absolute atomic E-state index is 0.0720. The largest absolute Gasteiger partial charge is 0.493 e. The summed E-state index contributed by atoms with van der Waals surface area (Å²) >= 11 is 0. The van der Waals surface area contributed by atoms with Crippen LogP contribution in [0.4, 0.5) is 16.2 Å². The number of nitrogens with zero attached hydrogens (tertiary/aromatic N) is 1. The lowest BCUT2D eigenvalue weighted by atomic mass is 10.2. The first kappa shape index (κ1) is 20.3. The number of para-hydroxylation sites is 2. The van der Waals surface area contributed by atoms with Crippen LogP contribution >= 0.6 is 0 Å². The van der Waals surface area contributed by atoms with Crippen LogP contribution < -0.4 is 29.7 Å². The highest BCUT2D eigenvalue weighted by atomic mass is 16.5. The number of benzene rings is 2. The van der Waals surface area contributed by atoms with Crippen molar-refractivity contribution in [2.24, 2.45) is 0 Å². The van der Waals surface area contributed by atoms with Crippen LogP contribution in [0.25, 0.3) is 0 Å². The van der Waals surface area contributed by atoms with Crippen molar-refractivity contribution in [3.63, 3.8) is 0 Å². The summed E-state index contributed by atoms with van der Waals surface area (Å²) in [6, 6.07) is 11.8. The molecule has 0 spiro atoms. The predicted octanol–water partition coefficient (Wildman–Crippen LogP) is 3.03. The van der Waals surface area contributed by atoms with E-state index in [9.17, 15) is 9.59 Å². The van der Waals surface area contributed by atoms with Crippen molar-refractivity contribution in [3.8, 4) is 17.2 Å². The van der Waals surface area contributed by atoms with Gasteiger partial charge in [-0.1, -0.05) is 12.1 Å². The van der Waals surface area contributed by atoms with E-state index in [4.69, 9.17) is 14.2 Å². The Balaban J connectivity index is 1.64. The van der Waals surface area contributed by atoms with Crippen molar-refractivity contribution in [2.45, 2.75) is 19.4 Å². The molecule has 0 aliphatic carbocycles. The van der Waals surface area contributed by atoms with E-state index in [0.717, 1.165) is 0 Å². The lowest BCUT2D eigenvalue weighted by Crippen LogP contribution is -2.39. The van der Waals surface area contributed by atoms with Crippen LogP contribution in [-0.2, 0) is 4.79 Å². The number of urea groups is 1. The van der Waals surface area contributed by atoms with Gasteiger partial charge in [-0.2, -0.15) is 0 Å². The van der Waals surface area contributed by atoms with Gasteiger partial charge in [-0.25, -0.2) is 4.79 Å². The number of rotatable bonds is 7. The number of amides is 3. The molecular formula is C21H25N3O5. The maximum Gasteiger partial charge on any atom is 0.319 e. The Labute approximate surface area is 169 Å².